The highest BCUT2D eigenvalue weighted by molar-refractivity contribution is 5.86. The van der Waals surface area contributed by atoms with Gasteiger partial charge in [0.1, 0.15) is 5.76 Å². The first-order valence-corrected chi connectivity index (χ1v) is 6.08. The molecule has 106 valence electrons. The summed E-state index contributed by atoms with van der Waals surface area (Å²) in [6, 6.07) is 3.29. The number of esters is 2. The predicted octanol–water partition coefficient (Wildman–Crippen LogP) is 1.45. The van der Waals surface area contributed by atoms with Crippen molar-refractivity contribution in [1.29, 1.82) is 0 Å². The summed E-state index contributed by atoms with van der Waals surface area (Å²) in [7, 11) is 3.16. The van der Waals surface area contributed by atoms with Crippen molar-refractivity contribution in [3.8, 4) is 0 Å². The molecule has 0 aliphatic rings. The van der Waals surface area contributed by atoms with Gasteiger partial charge in [0.2, 0.25) is 5.76 Å². The van der Waals surface area contributed by atoms with Gasteiger partial charge in [0, 0.05) is 6.54 Å². The minimum absolute atomic E-state index is 0.177. The van der Waals surface area contributed by atoms with Crippen LogP contribution in [0.3, 0.4) is 0 Å². The number of carbonyl (C=O) groups excluding carboxylic acids is 2. The van der Waals surface area contributed by atoms with Crippen LogP contribution in [0.5, 0.6) is 0 Å². The van der Waals surface area contributed by atoms with Gasteiger partial charge in [0.15, 0.2) is 0 Å². The zero-order valence-electron chi connectivity index (χ0n) is 11.5. The molecule has 0 aliphatic heterocycles. The van der Waals surface area contributed by atoms with Gasteiger partial charge in [-0.3, -0.25) is 9.69 Å². The molecule has 0 saturated heterocycles. The highest BCUT2D eigenvalue weighted by Crippen LogP contribution is 2.11. The summed E-state index contributed by atoms with van der Waals surface area (Å²) in [6.07, 6.45) is 0.328. The molecule has 1 heterocycles. The molecule has 6 heteroatoms. The van der Waals surface area contributed by atoms with E-state index in [2.05, 4.69) is 4.74 Å². The largest absolute Gasteiger partial charge is 0.466 e. The van der Waals surface area contributed by atoms with Crippen LogP contribution < -0.4 is 0 Å². The van der Waals surface area contributed by atoms with E-state index in [-0.39, 0.29) is 11.7 Å². The maximum absolute atomic E-state index is 11.2. The van der Waals surface area contributed by atoms with Crippen LogP contribution in [0, 0.1) is 0 Å². The lowest BCUT2D eigenvalue weighted by atomic mass is 10.3. The molecule has 0 aliphatic carbocycles. The topological polar surface area (TPSA) is 69.0 Å². The lowest BCUT2D eigenvalue weighted by Crippen LogP contribution is -2.22. The highest BCUT2D eigenvalue weighted by atomic mass is 16.5. The molecule has 1 aromatic rings. The molecule has 6 nitrogen and oxygen atoms in total. The molecule has 0 radical (unpaired) electrons. The van der Waals surface area contributed by atoms with E-state index in [9.17, 15) is 9.59 Å². The van der Waals surface area contributed by atoms with E-state index in [4.69, 9.17) is 9.15 Å². The Kier molecular flexibility index (Phi) is 6.08. The van der Waals surface area contributed by atoms with Gasteiger partial charge in [-0.05, 0) is 26.1 Å². The normalized spacial score (nSPS) is 10.5. The molecule has 0 saturated carbocycles. The molecular formula is C13H19NO5. The second kappa shape index (κ2) is 7.58. The lowest BCUT2D eigenvalue weighted by Gasteiger charge is -2.14. The summed E-state index contributed by atoms with van der Waals surface area (Å²) in [5.74, 6) is 0.104. The summed E-state index contributed by atoms with van der Waals surface area (Å²) < 4.78 is 14.7. The fraction of sp³-hybridized carbons (Fsp3) is 0.538. The van der Waals surface area contributed by atoms with Gasteiger partial charge in [0.05, 0.1) is 26.7 Å². The molecule has 0 spiro atoms. The Labute approximate surface area is 112 Å². The average molecular weight is 269 g/mol. The summed E-state index contributed by atoms with van der Waals surface area (Å²) >= 11 is 0. The first kappa shape index (κ1) is 15.2. The number of rotatable bonds is 7. The van der Waals surface area contributed by atoms with E-state index in [0.29, 0.717) is 31.9 Å². The van der Waals surface area contributed by atoms with Gasteiger partial charge >= 0.3 is 11.9 Å². The lowest BCUT2D eigenvalue weighted by molar-refractivity contribution is -0.143. The van der Waals surface area contributed by atoms with Crippen molar-refractivity contribution in [2.45, 2.75) is 19.9 Å². The monoisotopic (exact) mass is 269 g/mol. The zero-order chi connectivity index (χ0) is 14.3. The minimum atomic E-state index is -0.500. The van der Waals surface area contributed by atoms with Gasteiger partial charge in [-0.25, -0.2) is 4.79 Å². The Morgan fingerprint density at radius 3 is 2.74 bits per heavy atom. The Morgan fingerprint density at radius 1 is 1.37 bits per heavy atom. The van der Waals surface area contributed by atoms with Crippen LogP contribution >= 0.6 is 0 Å². The van der Waals surface area contributed by atoms with Crippen LogP contribution in [0.25, 0.3) is 0 Å². The van der Waals surface area contributed by atoms with E-state index in [0.717, 1.165) is 0 Å². The molecule has 0 fully saturated rings. The van der Waals surface area contributed by atoms with Crippen molar-refractivity contribution in [3.63, 3.8) is 0 Å². The van der Waals surface area contributed by atoms with E-state index < -0.39 is 5.97 Å². The molecule has 0 unspecified atom stereocenters. The molecule has 0 atom stereocenters. The maximum atomic E-state index is 11.2. The van der Waals surface area contributed by atoms with Crippen molar-refractivity contribution in [2.24, 2.45) is 0 Å². The number of methoxy groups -OCH3 is 1. The second-order valence-corrected chi connectivity index (χ2v) is 4.05. The van der Waals surface area contributed by atoms with Crippen molar-refractivity contribution >= 4 is 11.9 Å². The maximum Gasteiger partial charge on any atom is 0.373 e. The van der Waals surface area contributed by atoms with Crippen LogP contribution in [0.4, 0.5) is 0 Å². The Hall–Kier alpha value is -1.82. The van der Waals surface area contributed by atoms with E-state index in [1.807, 2.05) is 11.9 Å². The molecule has 0 bridgehead atoms. The van der Waals surface area contributed by atoms with Gasteiger partial charge < -0.3 is 13.9 Å². The molecule has 0 N–H and O–H groups in total. The average Bonchev–Trinajstić information content (AvgIpc) is 2.84. The smallest absolute Gasteiger partial charge is 0.373 e. The fourth-order valence-electron chi connectivity index (χ4n) is 1.53. The second-order valence-electron chi connectivity index (χ2n) is 4.05. The Bertz CT molecular complexity index is 426. The van der Waals surface area contributed by atoms with E-state index in [1.54, 1.807) is 19.1 Å². The molecule has 19 heavy (non-hydrogen) atoms. The first-order chi connectivity index (χ1) is 9.06. The minimum Gasteiger partial charge on any atom is -0.466 e. The molecule has 0 amide bonds. The van der Waals surface area contributed by atoms with Crippen molar-refractivity contribution < 1.29 is 23.5 Å². The summed E-state index contributed by atoms with van der Waals surface area (Å²) in [5.41, 5.74) is 0. The van der Waals surface area contributed by atoms with Crippen LogP contribution in [-0.2, 0) is 20.8 Å². The molecule has 1 aromatic heterocycles. The van der Waals surface area contributed by atoms with Crippen molar-refractivity contribution in [3.05, 3.63) is 23.7 Å². The highest BCUT2D eigenvalue weighted by Gasteiger charge is 2.12. The Morgan fingerprint density at radius 2 is 2.11 bits per heavy atom. The number of nitrogens with zero attached hydrogens (tertiary/aromatic N) is 1. The first-order valence-electron chi connectivity index (χ1n) is 6.08. The summed E-state index contributed by atoms with van der Waals surface area (Å²) in [6.45, 7) is 3.24. The molecule has 1 rings (SSSR count). The zero-order valence-corrected chi connectivity index (χ0v) is 11.5. The third-order valence-electron chi connectivity index (χ3n) is 2.48. The van der Waals surface area contributed by atoms with Crippen molar-refractivity contribution in [2.75, 3.05) is 27.3 Å². The van der Waals surface area contributed by atoms with E-state index >= 15 is 0 Å². The number of carbonyl (C=O) groups is 2. The molecular weight excluding hydrogens is 250 g/mol. The van der Waals surface area contributed by atoms with Gasteiger partial charge in [0.25, 0.3) is 0 Å². The predicted molar refractivity (Wildman–Crippen MR) is 67.6 cm³/mol. The van der Waals surface area contributed by atoms with Crippen molar-refractivity contribution in [1.82, 2.24) is 4.90 Å². The quantitative estimate of drug-likeness (QED) is 0.698. The van der Waals surface area contributed by atoms with Gasteiger partial charge in [-0.1, -0.05) is 0 Å². The fourth-order valence-corrected chi connectivity index (χ4v) is 1.53. The Balaban J connectivity index is 2.40. The summed E-state index contributed by atoms with van der Waals surface area (Å²) in [5, 5.41) is 0. The number of hydrogen-bond acceptors (Lipinski definition) is 6. The van der Waals surface area contributed by atoms with E-state index in [1.165, 1.54) is 7.11 Å². The van der Waals surface area contributed by atoms with Gasteiger partial charge in [-0.15, -0.1) is 0 Å². The van der Waals surface area contributed by atoms with Crippen LogP contribution in [0.15, 0.2) is 16.5 Å². The number of furan rings is 1. The number of hydrogen-bond donors (Lipinski definition) is 0. The third kappa shape index (κ3) is 5.13. The summed E-state index contributed by atoms with van der Waals surface area (Å²) in [4.78, 5) is 24.3. The molecule has 0 aromatic carbocycles. The third-order valence-corrected chi connectivity index (χ3v) is 2.48. The van der Waals surface area contributed by atoms with Crippen LogP contribution in [0.2, 0.25) is 0 Å². The number of ether oxygens (including phenoxy) is 2. The standard InChI is InChI=1S/C13H19NO5/c1-4-18-12(15)7-8-14(2)9-10-5-6-11(19-10)13(16)17-3/h5-6H,4,7-9H2,1-3H3. The SMILES string of the molecule is CCOC(=O)CCN(C)Cc1ccc(C(=O)OC)o1. The van der Waals surface area contributed by atoms with Crippen LogP contribution in [-0.4, -0.2) is 44.1 Å². The van der Waals surface area contributed by atoms with Crippen LogP contribution in [0.1, 0.15) is 29.7 Å². The van der Waals surface area contributed by atoms with Gasteiger partial charge in [-0.2, -0.15) is 0 Å².